The third-order valence-corrected chi connectivity index (χ3v) is 4.07. The van der Waals surface area contributed by atoms with Gasteiger partial charge in [0.1, 0.15) is 28.7 Å². The Bertz CT molecular complexity index is 1100. The number of ether oxygens (including phenoxy) is 2. The zero-order chi connectivity index (χ0) is 22.9. The van der Waals surface area contributed by atoms with Crippen LogP contribution in [0.4, 0.5) is 30.7 Å². The molecule has 0 N–H and O–H groups in total. The maximum absolute atomic E-state index is 14.4. The van der Waals surface area contributed by atoms with Crippen LogP contribution < -0.4 is 9.47 Å². The monoisotopic (exact) mass is 460 g/mol. The highest BCUT2D eigenvalue weighted by molar-refractivity contribution is 7.80. The molecule has 0 heterocycles. The van der Waals surface area contributed by atoms with Crippen LogP contribution in [0.1, 0.15) is 12.5 Å². The van der Waals surface area contributed by atoms with Crippen molar-refractivity contribution in [1.82, 2.24) is 0 Å². The highest BCUT2D eigenvalue weighted by atomic mass is 32.1. The van der Waals surface area contributed by atoms with E-state index in [1.54, 1.807) is 6.92 Å². The molecule has 31 heavy (non-hydrogen) atoms. The number of rotatable bonds is 5. The van der Waals surface area contributed by atoms with Gasteiger partial charge in [-0.25, -0.2) is 22.0 Å². The first-order chi connectivity index (χ1) is 14.5. The number of halogens is 7. The van der Waals surface area contributed by atoms with Crippen LogP contribution in [0, 0.1) is 29.1 Å². The normalized spacial score (nSPS) is 11.4. The van der Waals surface area contributed by atoms with Gasteiger partial charge in [-0.2, -0.15) is 8.78 Å². The molecule has 0 radical (unpaired) electrons. The topological polar surface area (TPSA) is 18.5 Å². The van der Waals surface area contributed by atoms with E-state index < -0.39 is 46.5 Å². The number of hydrogen-bond acceptors (Lipinski definition) is 3. The molecule has 0 fully saturated rings. The Kier molecular flexibility index (Phi) is 6.21. The van der Waals surface area contributed by atoms with Gasteiger partial charge >= 0.3 is 6.11 Å². The van der Waals surface area contributed by atoms with Gasteiger partial charge in [0.25, 0.3) is 0 Å². The van der Waals surface area contributed by atoms with Crippen molar-refractivity contribution in [3.63, 3.8) is 0 Å². The van der Waals surface area contributed by atoms with Crippen molar-refractivity contribution >= 4 is 17.3 Å². The minimum absolute atomic E-state index is 0.0703. The molecule has 0 saturated heterocycles. The van der Waals surface area contributed by atoms with Gasteiger partial charge in [-0.1, -0.05) is 12.1 Å². The van der Waals surface area contributed by atoms with Crippen molar-refractivity contribution in [2.24, 2.45) is 0 Å². The fourth-order valence-corrected chi connectivity index (χ4v) is 2.79. The van der Waals surface area contributed by atoms with Gasteiger partial charge in [0, 0.05) is 19.1 Å². The lowest BCUT2D eigenvalue weighted by Crippen LogP contribution is -2.25. The molecule has 3 aromatic carbocycles. The highest BCUT2D eigenvalue weighted by Crippen LogP contribution is 2.37. The summed E-state index contributed by atoms with van der Waals surface area (Å²) in [6.45, 7) is 1.55. The van der Waals surface area contributed by atoms with Crippen LogP contribution in [0.5, 0.6) is 11.5 Å². The summed E-state index contributed by atoms with van der Waals surface area (Å²) in [5, 5.41) is 0.248. The van der Waals surface area contributed by atoms with Gasteiger partial charge in [0.05, 0.1) is 0 Å². The standard InChI is InChI=1S/C21H11F7O2S/c1-10(31)29-13-4-2-11(3-5-13)12-6-15(22)19(16(23)7-12)21(27,28)30-14-8-17(24)20(26)18(25)9-14/h2-9H,1H3. The molecule has 162 valence electrons. The Labute approximate surface area is 176 Å². The van der Waals surface area contributed by atoms with Crippen LogP contribution in [0.15, 0.2) is 48.5 Å². The van der Waals surface area contributed by atoms with Crippen LogP contribution in [-0.4, -0.2) is 5.05 Å². The largest absolute Gasteiger partial charge is 0.451 e. The molecular formula is C21H11F7O2S. The first-order valence-corrected chi connectivity index (χ1v) is 8.88. The van der Waals surface area contributed by atoms with Crippen molar-refractivity contribution in [2.75, 3.05) is 0 Å². The van der Waals surface area contributed by atoms with Crippen LogP contribution >= 0.6 is 12.2 Å². The summed E-state index contributed by atoms with van der Waals surface area (Å²) in [6, 6.07) is 7.32. The molecule has 0 aliphatic heterocycles. The number of thiocarbonyl (C=S) groups is 1. The molecule has 0 spiro atoms. The molecule has 2 nitrogen and oxygen atoms in total. The van der Waals surface area contributed by atoms with Gasteiger partial charge in [-0.15, -0.1) is 0 Å². The third kappa shape index (κ3) is 4.96. The Morgan fingerprint density at radius 2 is 1.26 bits per heavy atom. The Morgan fingerprint density at radius 1 is 0.742 bits per heavy atom. The predicted molar refractivity (Wildman–Crippen MR) is 102 cm³/mol. The zero-order valence-corrected chi connectivity index (χ0v) is 16.3. The molecular weight excluding hydrogens is 449 g/mol. The van der Waals surface area contributed by atoms with Gasteiger partial charge < -0.3 is 9.47 Å². The van der Waals surface area contributed by atoms with Gasteiger partial charge in [-0.05, 0) is 47.6 Å². The summed E-state index contributed by atoms with van der Waals surface area (Å²) >= 11 is 4.79. The second-order valence-corrected chi connectivity index (χ2v) is 6.83. The average Bonchev–Trinajstić information content (AvgIpc) is 2.65. The van der Waals surface area contributed by atoms with Crippen molar-refractivity contribution in [3.05, 3.63) is 83.2 Å². The molecule has 0 aliphatic rings. The van der Waals surface area contributed by atoms with Gasteiger partial charge in [0.15, 0.2) is 22.5 Å². The van der Waals surface area contributed by atoms with Crippen molar-refractivity contribution < 1.29 is 40.2 Å². The fraction of sp³-hybridized carbons (Fsp3) is 0.0952. The summed E-state index contributed by atoms with van der Waals surface area (Å²) in [4.78, 5) is 0. The van der Waals surface area contributed by atoms with Crippen molar-refractivity contribution in [3.8, 4) is 22.6 Å². The van der Waals surface area contributed by atoms with E-state index in [2.05, 4.69) is 4.74 Å². The van der Waals surface area contributed by atoms with Crippen molar-refractivity contribution in [2.45, 2.75) is 13.0 Å². The summed E-state index contributed by atoms with van der Waals surface area (Å²) < 4.78 is 106. The predicted octanol–water partition coefficient (Wildman–Crippen LogP) is 6.90. The van der Waals surface area contributed by atoms with E-state index in [1.165, 1.54) is 24.3 Å². The lowest BCUT2D eigenvalue weighted by atomic mass is 10.0. The summed E-state index contributed by atoms with van der Waals surface area (Å²) in [5.41, 5.74) is -1.57. The molecule has 3 rings (SSSR count). The molecule has 0 bridgehead atoms. The highest BCUT2D eigenvalue weighted by Gasteiger charge is 2.41. The first kappa shape index (κ1) is 22.5. The second kappa shape index (κ2) is 8.54. The molecule has 0 amide bonds. The summed E-state index contributed by atoms with van der Waals surface area (Å²) in [7, 11) is 0. The lowest BCUT2D eigenvalue weighted by molar-refractivity contribution is -0.189. The molecule has 0 atom stereocenters. The maximum atomic E-state index is 14.4. The van der Waals surface area contributed by atoms with Crippen LogP contribution in [-0.2, 0) is 6.11 Å². The molecule has 0 aromatic heterocycles. The van der Waals surface area contributed by atoms with E-state index in [-0.39, 0.29) is 28.3 Å². The maximum Gasteiger partial charge on any atom is 0.432 e. The molecule has 0 aliphatic carbocycles. The van der Waals surface area contributed by atoms with E-state index in [0.717, 1.165) is 0 Å². The molecule has 0 saturated carbocycles. The van der Waals surface area contributed by atoms with Crippen LogP contribution in [0.3, 0.4) is 0 Å². The van der Waals surface area contributed by atoms with E-state index in [9.17, 15) is 30.7 Å². The molecule has 0 unspecified atom stereocenters. The minimum atomic E-state index is -4.65. The quantitative estimate of drug-likeness (QED) is 0.234. The van der Waals surface area contributed by atoms with E-state index in [1.807, 2.05) is 0 Å². The van der Waals surface area contributed by atoms with Gasteiger partial charge in [0.2, 0.25) is 0 Å². The smallest absolute Gasteiger partial charge is 0.432 e. The third-order valence-electron chi connectivity index (χ3n) is 3.99. The average molecular weight is 460 g/mol. The Hall–Kier alpha value is -3.14. The zero-order valence-electron chi connectivity index (χ0n) is 15.5. The summed E-state index contributed by atoms with van der Waals surface area (Å²) in [6.07, 6.45) is -4.65. The van der Waals surface area contributed by atoms with E-state index >= 15 is 0 Å². The van der Waals surface area contributed by atoms with Crippen LogP contribution in [0.25, 0.3) is 11.1 Å². The van der Waals surface area contributed by atoms with Crippen LogP contribution in [0.2, 0.25) is 0 Å². The number of hydrogen-bond donors (Lipinski definition) is 0. The van der Waals surface area contributed by atoms with Crippen molar-refractivity contribution in [1.29, 1.82) is 0 Å². The van der Waals surface area contributed by atoms with E-state index in [4.69, 9.17) is 17.0 Å². The minimum Gasteiger partial charge on any atom is -0.451 e. The molecule has 10 heteroatoms. The molecule has 3 aromatic rings. The van der Waals surface area contributed by atoms with Gasteiger partial charge in [-0.3, -0.25) is 0 Å². The lowest BCUT2D eigenvalue weighted by Gasteiger charge is -2.20. The fourth-order valence-electron chi connectivity index (χ4n) is 2.69. The Balaban J connectivity index is 1.93. The summed E-state index contributed by atoms with van der Waals surface area (Å²) in [5.74, 6) is -9.65. The van der Waals surface area contributed by atoms with E-state index in [0.29, 0.717) is 17.9 Å². The number of alkyl halides is 2. The second-order valence-electron chi connectivity index (χ2n) is 6.25. The first-order valence-electron chi connectivity index (χ1n) is 8.47. The number of benzene rings is 3. The Morgan fingerprint density at radius 3 is 1.74 bits per heavy atom. The SMILES string of the molecule is CC(=S)Oc1ccc(-c2cc(F)c(C(F)(F)Oc3cc(F)c(F)c(F)c3)c(F)c2)cc1.